The summed E-state index contributed by atoms with van der Waals surface area (Å²) in [5.74, 6) is -1.32. The molecule has 2 aromatic heterocycles. The van der Waals surface area contributed by atoms with Crippen molar-refractivity contribution >= 4 is 28.9 Å². The molecule has 8 nitrogen and oxygen atoms in total. The largest absolute Gasteiger partial charge is 0.476 e. The first kappa shape index (κ1) is 16.1. The number of hydrogen-bond acceptors (Lipinski definition) is 6. The number of nitrogen functional groups attached to an aromatic ring is 1. The van der Waals surface area contributed by atoms with E-state index in [1.807, 2.05) is 4.90 Å². The van der Waals surface area contributed by atoms with E-state index in [9.17, 15) is 14.3 Å². The number of fused-ring (bicyclic) bond motifs is 1. The molecule has 0 bridgehead atoms. The van der Waals surface area contributed by atoms with Crippen molar-refractivity contribution in [2.24, 2.45) is 0 Å². The highest BCUT2D eigenvalue weighted by Crippen LogP contribution is 2.25. The quantitative estimate of drug-likeness (QED) is 0.733. The Morgan fingerprint density at radius 3 is 2.35 bits per heavy atom. The summed E-state index contributed by atoms with van der Waals surface area (Å²) in [6, 6.07) is 9.81. The number of halogens is 1. The number of aromatic carboxylic acids is 1. The minimum atomic E-state index is -1.09. The molecule has 1 aliphatic rings. The second-order valence-corrected chi connectivity index (χ2v) is 6.06. The van der Waals surface area contributed by atoms with E-state index in [2.05, 4.69) is 15.0 Å². The van der Waals surface area contributed by atoms with Crippen LogP contribution in [0.2, 0.25) is 0 Å². The summed E-state index contributed by atoms with van der Waals surface area (Å²) in [6.45, 7) is 2.66. The molecule has 134 valence electrons. The van der Waals surface area contributed by atoms with Crippen molar-refractivity contribution in [3.8, 4) is 0 Å². The molecular formula is C17H17FN6O2. The highest BCUT2D eigenvalue weighted by molar-refractivity contribution is 5.93. The van der Waals surface area contributed by atoms with Crippen molar-refractivity contribution in [1.29, 1.82) is 0 Å². The SMILES string of the molecule is Nc1nc2ccc(N3CCN(c4ccc(F)cc4)CC3)c(C(=O)O)n2n1. The number of carboxylic acids is 1. The van der Waals surface area contributed by atoms with E-state index in [-0.39, 0.29) is 17.5 Å². The molecule has 1 saturated heterocycles. The highest BCUT2D eigenvalue weighted by atomic mass is 19.1. The summed E-state index contributed by atoms with van der Waals surface area (Å²) < 4.78 is 14.3. The van der Waals surface area contributed by atoms with Crippen molar-refractivity contribution in [2.75, 3.05) is 41.7 Å². The Morgan fingerprint density at radius 1 is 1.04 bits per heavy atom. The van der Waals surface area contributed by atoms with E-state index in [1.54, 1.807) is 24.3 Å². The average Bonchev–Trinajstić information content (AvgIpc) is 3.01. The van der Waals surface area contributed by atoms with Crippen molar-refractivity contribution in [3.05, 3.63) is 47.9 Å². The van der Waals surface area contributed by atoms with Gasteiger partial charge in [0.25, 0.3) is 0 Å². The minimum Gasteiger partial charge on any atom is -0.476 e. The van der Waals surface area contributed by atoms with Gasteiger partial charge in [-0.25, -0.2) is 13.7 Å². The smallest absolute Gasteiger partial charge is 0.356 e. The van der Waals surface area contributed by atoms with Gasteiger partial charge in [-0.1, -0.05) is 0 Å². The first-order chi connectivity index (χ1) is 12.5. The highest BCUT2D eigenvalue weighted by Gasteiger charge is 2.24. The molecular weight excluding hydrogens is 339 g/mol. The topological polar surface area (TPSA) is 100.0 Å². The van der Waals surface area contributed by atoms with Gasteiger partial charge in [-0.05, 0) is 36.4 Å². The summed E-state index contributed by atoms with van der Waals surface area (Å²) in [5, 5.41) is 13.6. The number of hydrogen-bond donors (Lipinski definition) is 2. The first-order valence-electron chi connectivity index (χ1n) is 8.17. The van der Waals surface area contributed by atoms with Gasteiger partial charge in [0.1, 0.15) is 5.82 Å². The maximum Gasteiger partial charge on any atom is 0.356 e. The zero-order valence-electron chi connectivity index (χ0n) is 13.8. The molecule has 3 aromatic rings. The summed E-state index contributed by atoms with van der Waals surface area (Å²) in [6.07, 6.45) is 0. The lowest BCUT2D eigenvalue weighted by atomic mass is 10.2. The van der Waals surface area contributed by atoms with Crippen LogP contribution in [-0.2, 0) is 0 Å². The molecule has 0 aliphatic carbocycles. The van der Waals surface area contributed by atoms with Crippen LogP contribution in [0.5, 0.6) is 0 Å². The van der Waals surface area contributed by atoms with Gasteiger partial charge in [0.2, 0.25) is 5.95 Å². The third-order valence-electron chi connectivity index (χ3n) is 4.51. The molecule has 1 fully saturated rings. The van der Waals surface area contributed by atoms with Crippen LogP contribution in [0.3, 0.4) is 0 Å². The van der Waals surface area contributed by atoms with Gasteiger partial charge in [-0.15, -0.1) is 5.10 Å². The zero-order valence-corrected chi connectivity index (χ0v) is 13.8. The molecule has 26 heavy (non-hydrogen) atoms. The number of rotatable bonds is 3. The van der Waals surface area contributed by atoms with E-state index in [4.69, 9.17) is 5.73 Å². The zero-order chi connectivity index (χ0) is 18.3. The van der Waals surface area contributed by atoms with Crippen LogP contribution in [0.4, 0.5) is 21.7 Å². The Balaban J connectivity index is 1.60. The fraction of sp³-hybridized carbons (Fsp3) is 0.235. The monoisotopic (exact) mass is 356 g/mol. The molecule has 0 unspecified atom stereocenters. The number of piperazine rings is 1. The van der Waals surface area contributed by atoms with Crippen LogP contribution in [0, 0.1) is 5.82 Å². The lowest BCUT2D eigenvalue weighted by Crippen LogP contribution is -2.47. The van der Waals surface area contributed by atoms with Crippen LogP contribution in [0.1, 0.15) is 10.5 Å². The molecule has 3 heterocycles. The fourth-order valence-electron chi connectivity index (χ4n) is 3.27. The maximum absolute atomic E-state index is 13.1. The van der Waals surface area contributed by atoms with Crippen LogP contribution >= 0.6 is 0 Å². The molecule has 3 N–H and O–H groups in total. The Bertz CT molecular complexity index is 963. The van der Waals surface area contributed by atoms with Gasteiger partial charge < -0.3 is 20.6 Å². The molecule has 0 spiro atoms. The number of anilines is 3. The van der Waals surface area contributed by atoms with Gasteiger partial charge in [0, 0.05) is 31.9 Å². The lowest BCUT2D eigenvalue weighted by Gasteiger charge is -2.37. The van der Waals surface area contributed by atoms with Gasteiger partial charge in [0.05, 0.1) is 5.69 Å². The van der Waals surface area contributed by atoms with Crippen molar-refractivity contribution in [2.45, 2.75) is 0 Å². The van der Waals surface area contributed by atoms with Gasteiger partial charge in [-0.2, -0.15) is 4.98 Å². The molecule has 1 aliphatic heterocycles. The van der Waals surface area contributed by atoms with E-state index in [0.717, 1.165) is 5.69 Å². The predicted octanol–water partition coefficient (Wildman–Crippen LogP) is 1.48. The van der Waals surface area contributed by atoms with E-state index < -0.39 is 5.97 Å². The third-order valence-corrected chi connectivity index (χ3v) is 4.51. The average molecular weight is 356 g/mol. The molecule has 0 radical (unpaired) electrons. The Labute approximate surface area is 148 Å². The predicted molar refractivity (Wildman–Crippen MR) is 95.2 cm³/mol. The molecule has 0 saturated carbocycles. The Hall–Kier alpha value is -3.36. The van der Waals surface area contributed by atoms with Gasteiger partial charge >= 0.3 is 5.97 Å². The van der Waals surface area contributed by atoms with Crippen molar-refractivity contribution < 1.29 is 14.3 Å². The second kappa shape index (κ2) is 6.17. The first-order valence-corrected chi connectivity index (χ1v) is 8.17. The van der Waals surface area contributed by atoms with E-state index in [1.165, 1.54) is 16.6 Å². The molecule has 9 heteroatoms. The summed E-state index contributed by atoms with van der Waals surface area (Å²) in [5.41, 5.74) is 7.56. The number of carboxylic acid groups (broad SMARTS) is 1. The van der Waals surface area contributed by atoms with Crippen LogP contribution in [-0.4, -0.2) is 51.9 Å². The number of nitrogens with two attached hydrogens (primary N) is 1. The Morgan fingerprint density at radius 2 is 1.69 bits per heavy atom. The van der Waals surface area contributed by atoms with Crippen molar-refractivity contribution in [3.63, 3.8) is 0 Å². The minimum absolute atomic E-state index is 0.0331. The standard InChI is InChI=1S/C17H17FN6O2/c18-11-1-3-12(4-2-11)22-7-9-23(10-8-22)13-5-6-14-20-17(19)21-24(14)15(13)16(25)26/h1-6H,7-10H2,(H2,19,21)(H,25,26). The summed E-state index contributed by atoms with van der Waals surface area (Å²) in [7, 11) is 0. The number of benzene rings is 1. The van der Waals surface area contributed by atoms with Crippen LogP contribution in [0.25, 0.3) is 5.65 Å². The van der Waals surface area contributed by atoms with Crippen LogP contribution < -0.4 is 15.5 Å². The van der Waals surface area contributed by atoms with E-state index in [0.29, 0.717) is 37.5 Å². The summed E-state index contributed by atoms with van der Waals surface area (Å²) >= 11 is 0. The normalized spacial score (nSPS) is 14.8. The maximum atomic E-state index is 13.1. The van der Waals surface area contributed by atoms with Gasteiger partial charge in [-0.3, -0.25) is 0 Å². The molecule has 4 rings (SSSR count). The van der Waals surface area contributed by atoms with Gasteiger partial charge in [0.15, 0.2) is 11.3 Å². The molecule has 1 aromatic carbocycles. The number of nitrogens with zero attached hydrogens (tertiary/aromatic N) is 5. The summed E-state index contributed by atoms with van der Waals surface area (Å²) in [4.78, 5) is 20.0. The fourth-order valence-corrected chi connectivity index (χ4v) is 3.27. The number of aromatic nitrogens is 3. The van der Waals surface area contributed by atoms with Crippen LogP contribution in [0.15, 0.2) is 36.4 Å². The number of carbonyl (C=O) groups is 1. The molecule has 0 atom stereocenters. The third kappa shape index (κ3) is 2.77. The Kier molecular flexibility index (Phi) is 3.83. The number of pyridine rings is 1. The molecule has 0 amide bonds. The van der Waals surface area contributed by atoms with E-state index >= 15 is 0 Å². The van der Waals surface area contributed by atoms with Crippen molar-refractivity contribution in [1.82, 2.24) is 14.6 Å². The second-order valence-electron chi connectivity index (χ2n) is 6.06. The lowest BCUT2D eigenvalue weighted by molar-refractivity contribution is 0.0688.